The minimum Gasteiger partial charge on any atom is -0.416 e. The third-order valence-corrected chi connectivity index (χ3v) is 4.69. The molecule has 3 rings (SSSR count). The van der Waals surface area contributed by atoms with Crippen LogP contribution in [0.25, 0.3) is 22.9 Å². The predicted octanol–water partition coefficient (Wildman–Crippen LogP) is 4.85. The molecule has 5 heteroatoms. The molecule has 0 radical (unpaired) electrons. The van der Waals surface area contributed by atoms with Gasteiger partial charge in [0.05, 0.1) is 11.1 Å². The molecule has 0 aliphatic rings. The summed E-state index contributed by atoms with van der Waals surface area (Å²) in [6.45, 7) is 0. The van der Waals surface area contributed by atoms with Crippen LogP contribution >= 0.6 is 23.5 Å². The number of rotatable bonds is 4. The van der Waals surface area contributed by atoms with Gasteiger partial charge in [-0.25, -0.2) is 0 Å². The van der Waals surface area contributed by atoms with E-state index in [0.29, 0.717) is 11.8 Å². The molecule has 0 atom stereocenters. The largest absolute Gasteiger partial charge is 0.416 e. The quantitative estimate of drug-likeness (QED) is 0.644. The fourth-order valence-corrected chi connectivity index (χ4v) is 3.26. The molecular weight excluding hydrogens is 300 g/mol. The van der Waals surface area contributed by atoms with Crippen molar-refractivity contribution in [3.63, 3.8) is 0 Å². The molecule has 21 heavy (non-hydrogen) atoms. The summed E-state index contributed by atoms with van der Waals surface area (Å²) >= 11 is 3.34. The van der Waals surface area contributed by atoms with Crippen LogP contribution in [0.15, 0.2) is 62.7 Å². The molecule has 0 saturated heterocycles. The van der Waals surface area contributed by atoms with Gasteiger partial charge in [0.25, 0.3) is 0 Å². The van der Waals surface area contributed by atoms with Crippen molar-refractivity contribution in [1.82, 2.24) is 10.2 Å². The second kappa shape index (κ2) is 6.37. The molecule has 0 amide bonds. The topological polar surface area (TPSA) is 38.9 Å². The molecule has 0 N–H and O–H groups in total. The standard InChI is InChI=1S/C16H14N2OS2/c1-20-13-9-5-3-7-11(13)15-17-18-16(19-15)12-8-4-6-10-14(12)21-2/h3-10H,1-2H3. The van der Waals surface area contributed by atoms with Crippen molar-refractivity contribution in [3.05, 3.63) is 48.5 Å². The van der Waals surface area contributed by atoms with Gasteiger partial charge >= 0.3 is 0 Å². The first-order chi connectivity index (χ1) is 10.3. The van der Waals surface area contributed by atoms with Gasteiger partial charge in [-0.15, -0.1) is 33.7 Å². The Morgan fingerprint density at radius 3 is 1.57 bits per heavy atom. The average Bonchev–Trinajstić information content (AvgIpc) is 3.04. The molecule has 0 aliphatic carbocycles. The first kappa shape index (κ1) is 14.2. The van der Waals surface area contributed by atoms with Crippen LogP contribution in [0.1, 0.15) is 0 Å². The maximum atomic E-state index is 5.89. The van der Waals surface area contributed by atoms with Crippen molar-refractivity contribution in [2.24, 2.45) is 0 Å². The Kier molecular flexibility index (Phi) is 4.31. The molecule has 3 aromatic rings. The molecular formula is C16H14N2OS2. The molecule has 3 nitrogen and oxygen atoms in total. The number of thioether (sulfide) groups is 2. The summed E-state index contributed by atoms with van der Waals surface area (Å²) in [6, 6.07) is 16.1. The lowest BCUT2D eigenvalue weighted by molar-refractivity contribution is 0.582. The summed E-state index contributed by atoms with van der Waals surface area (Å²) in [6.07, 6.45) is 4.08. The number of nitrogens with zero attached hydrogens (tertiary/aromatic N) is 2. The van der Waals surface area contributed by atoms with Crippen LogP contribution < -0.4 is 0 Å². The lowest BCUT2D eigenvalue weighted by atomic mass is 10.2. The van der Waals surface area contributed by atoms with Crippen molar-refractivity contribution in [3.8, 4) is 22.9 Å². The average molecular weight is 314 g/mol. The van der Waals surface area contributed by atoms with Crippen molar-refractivity contribution in [2.45, 2.75) is 9.79 Å². The Balaban J connectivity index is 2.04. The lowest BCUT2D eigenvalue weighted by Crippen LogP contribution is -1.81. The van der Waals surface area contributed by atoms with E-state index >= 15 is 0 Å². The highest BCUT2D eigenvalue weighted by molar-refractivity contribution is 7.99. The van der Waals surface area contributed by atoms with E-state index in [2.05, 4.69) is 22.3 Å². The smallest absolute Gasteiger partial charge is 0.249 e. The summed E-state index contributed by atoms with van der Waals surface area (Å²) in [5.41, 5.74) is 1.95. The third-order valence-electron chi connectivity index (χ3n) is 3.10. The summed E-state index contributed by atoms with van der Waals surface area (Å²) < 4.78 is 5.89. The van der Waals surface area contributed by atoms with Crippen LogP contribution in [0, 0.1) is 0 Å². The highest BCUT2D eigenvalue weighted by atomic mass is 32.2. The molecule has 0 aliphatic heterocycles. The van der Waals surface area contributed by atoms with Gasteiger partial charge in [0.15, 0.2) is 0 Å². The zero-order valence-electron chi connectivity index (χ0n) is 11.7. The molecule has 0 bridgehead atoms. The molecule has 1 heterocycles. The van der Waals surface area contributed by atoms with Crippen LogP contribution in [-0.4, -0.2) is 22.7 Å². The van der Waals surface area contributed by atoms with Crippen molar-refractivity contribution in [2.75, 3.05) is 12.5 Å². The number of hydrogen-bond donors (Lipinski definition) is 0. The van der Waals surface area contributed by atoms with E-state index in [1.807, 2.05) is 48.9 Å². The SMILES string of the molecule is CSc1ccccc1-c1nnc(-c2ccccc2SC)o1. The Hall–Kier alpha value is -1.72. The molecule has 0 spiro atoms. The highest BCUT2D eigenvalue weighted by Gasteiger charge is 2.15. The van der Waals surface area contributed by atoms with Crippen molar-refractivity contribution in [1.29, 1.82) is 0 Å². The minimum absolute atomic E-state index is 0.561. The van der Waals surface area contributed by atoms with Gasteiger partial charge in [-0.1, -0.05) is 24.3 Å². The number of benzene rings is 2. The highest BCUT2D eigenvalue weighted by Crippen LogP contribution is 2.33. The Labute approximate surface area is 132 Å². The van der Waals surface area contributed by atoms with Gasteiger partial charge in [0.1, 0.15) is 0 Å². The van der Waals surface area contributed by atoms with Crippen LogP contribution in [0.3, 0.4) is 0 Å². The maximum absolute atomic E-state index is 5.89. The molecule has 0 saturated carbocycles. The first-order valence-electron chi connectivity index (χ1n) is 6.43. The summed E-state index contributed by atoms with van der Waals surface area (Å²) in [5.74, 6) is 1.12. The summed E-state index contributed by atoms with van der Waals surface area (Å²) in [5, 5.41) is 8.42. The fraction of sp³-hybridized carbons (Fsp3) is 0.125. The number of hydrogen-bond acceptors (Lipinski definition) is 5. The Morgan fingerprint density at radius 1 is 0.714 bits per heavy atom. The monoisotopic (exact) mass is 314 g/mol. The van der Waals surface area contributed by atoms with E-state index in [-0.39, 0.29) is 0 Å². The molecule has 2 aromatic carbocycles. The van der Waals surface area contributed by atoms with Gasteiger partial charge in [-0.05, 0) is 36.8 Å². The second-order valence-corrected chi connectivity index (χ2v) is 6.01. The Bertz CT molecular complexity index is 693. The van der Waals surface area contributed by atoms with Gasteiger partial charge in [-0.3, -0.25) is 0 Å². The molecule has 0 fully saturated rings. The maximum Gasteiger partial charge on any atom is 0.249 e. The Morgan fingerprint density at radius 2 is 1.14 bits per heavy atom. The van der Waals surface area contributed by atoms with E-state index in [0.717, 1.165) is 20.9 Å². The first-order valence-corrected chi connectivity index (χ1v) is 8.88. The minimum atomic E-state index is 0.561. The molecule has 0 unspecified atom stereocenters. The van der Waals surface area contributed by atoms with E-state index < -0.39 is 0 Å². The fourth-order valence-electron chi connectivity index (χ4n) is 2.08. The zero-order valence-corrected chi connectivity index (χ0v) is 13.4. The number of aromatic nitrogens is 2. The van der Waals surface area contributed by atoms with E-state index in [9.17, 15) is 0 Å². The summed E-state index contributed by atoms with van der Waals surface area (Å²) in [4.78, 5) is 2.26. The van der Waals surface area contributed by atoms with E-state index in [1.54, 1.807) is 23.5 Å². The van der Waals surface area contributed by atoms with Crippen LogP contribution in [0.2, 0.25) is 0 Å². The molecule has 1 aromatic heterocycles. The van der Waals surface area contributed by atoms with Gasteiger partial charge < -0.3 is 4.42 Å². The van der Waals surface area contributed by atoms with E-state index in [4.69, 9.17) is 4.42 Å². The second-order valence-electron chi connectivity index (χ2n) is 4.31. The normalized spacial score (nSPS) is 10.8. The van der Waals surface area contributed by atoms with Crippen LogP contribution in [0.5, 0.6) is 0 Å². The third kappa shape index (κ3) is 2.84. The van der Waals surface area contributed by atoms with Crippen LogP contribution in [0.4, 0.5) is 0 Å². The van der Waals surface area contributed by atoms with E-state index in [1.165, 1.54) is 0 Å². The van der Waals surface area contributed by atoms with Crippen LogP contribution in [-0.2, 0) is 0 Å². The van der Waals surface area contributed by atoms with Gasteiger partial charge in [0.2, 0.25) is 11.8 Å². The predicted molar refractivity (Wildman–Crippen MR) is 88.7 cm³/mol. The van der Waals surface area contributed by atoms with Gasteiger partial charge in [0, 0.05) is 9.79 Å². The summed E-state index contributed by atoms with van der Waals surface area (Å²) in [7, 11) is 0. The van der Waals surface area contributed by atoms with Crippen molar-refractivity contribution >= 4 is 23.5 Å². The molecule has 106 valence electrons. The van der Waals surface area contributed by atoms with Gasteiger partial charge in [-0.2, -0.15) is 0 Å². The lowest BCUT2D eigenvalue weighted by Gasteiger charge is -2.03. The van der Waals surface area contributed by atoms with Crippen molar-refractivity contribution < 1.29 is 4.42 Å². The zero-order chi connectivity index (χ0) is 14.7.